The maximum atomic E-state index is 12.1. The Kier molecular flexibility index (Phi) is 3.43. The van der Waals surface area contributed by atoms with Gasteiger partial charge in [-0.3, -0.25) is 9.48 Å². The number of nitrogens with one attached hydrogen (secondary N) is 1. The molecule has 18 heavy (non-hydrogen) atoms. The Morgan fingerprint density at radius 2 is 2.44 bits per heavy atom. The Bertz CT molecular complexity index is 436. The summed E-state index contributed by atoms with van der Waals surface area (Å²) in [6, 6.07) is 1.82. The summed E-state index contributed by atoms with van der Waals surface area (Å²) in [7, 11) is 1.82. The van der Waals surface area contributed by atoms with Crippen molar-refractivity contribution >= 4 is 5.91 Å². The molecule has 0 aliphatic heterocycles. The van der Waals surface area contributed by atoms with Crippen LogP contribution in [0.2, 0.25) is 0 Å². The van der Waals surface area contributed by atoms with E-state index in [-0.39, 0.29) is 24.0 Å². The zero-order valence-corrected chi connectivity index (χ0v) is 11.2. The van der Waals surface area contributed by atoms with Gasteiger partial charge in [-0.25, -0.2) is 0 Å². The number of aromatic nitrogens is 2. The average Bonchev–Trinajstić information content (AvgIpc) is 2.85. The van der Waals surface area contributed by atoms with E-state index in [0.29, 0.717) is 5.69 Å². The van der Waals surface area contributed by atoms with Crippen molar-refractivity contribution in [1.29, 1.82) is 0 Å². The second-order valence-electron chi connectivity index (χ2n) is 5.52. The summed E-state index contributed by atoms with van der Waals surface area (Å²) in [5, 5.41) is 16.6. The van der Waals surface area contributed by atoms with Gasteiger partial charge in [-0.1, -0.05) is 13.3 Å². The first-order chi connectivity index (χ1) is 8.46. The lowest BCUT2D eigenvalue weighted by atomic mass is 9.86. The molecule has 2 rings (SSSR count). The number of hydrogen-bond acceptors (Lipinski definition) is 3. The monoisotopic (exact) mass is 251 g/mol. The topological polar surface area (TPSA) is 67.2 Å². The van der Waals surface area contributed by atoms with Crippen molar-refractivity contribution in [3.63, 3.8) is 0 Å². The molecule has 0 spiro atoms. The Labute approximate surface area is 107 Å². The van der Waals surface area contributed by atoms with E-state index in [4.69, 9.17) is 0 Å². The van der Waals surface area contributed by atoms with Crippen molar-refractivity contribution in [2.45, 2.75) is 39.2 Å². The van der Waals surface area contributed by atoms with Gasteiger partial charge in [-0.05, 0) is 25.8 Å². The minimum absolute atomic E-state index is 0.0392. The van der Waals surface area contributed by atoms with E-state index < -0.39 is 0 Å². The van der Waals surface area contributed by atoms with Crippen LogP contribution in [0.25, 0.3) is 0 Å². The van der Waals surface area contributed by atoms with Crippen LogP contribution in [-0.2, 0) is 7.05 Å². The maximum Gasteiger partial charge on any atom is 0.272 e. The molecule has 5 heteroatoms. The van der Waals surface area contributed by atoms with E-state index >= 15 is 0 Å². The molecule has 0 bridgehead atoms. The predicted molar refractivity (Wildman–Crippen MR) is 68.2 cm³/mol. The molecule has 1 aliphatic rings. The van der Waals surface area contributed by atoms with Crippen LogP contribution in [0, 0.1) is 12.3 Å². The highest BCUT2D eigenvalue weighted by molar-refractivity contribution is 5.92. The number of nitrogens with zero attached hydrogens (tertiary/aromatic N) is 2. The summed E-state index contributed by atoms with van der Waals surface area (Å²) in [5.41, 5.74) is 1.21. The molecule has 0 saturated heterocycles. The van der Waals surface area contributed by atoms with Crippen LogP contribution in [0.1, 0.15) is 42.4 Å². The third kappa shape index (κ3) is 2.27. The van der Waals surface area contributed by atoms with E-state index in [1.807, 2.05) is 20.9 Å². The Morgan fingerprint density at radius 3 is 3.00 bits per heavy atom. The van der Waals surface area contributed by atoms with Crippen LogP contribution in [0.5, 0.6) is 0 Å². The molecular formula is C13H21N3O2. The minimum Gasteiger partial charge on any atom is -0.396 e. The van der Waals surface area contributed by atoms with Gasteiger partial charge in [0, 0.05) is 24.2 Å². The largest absolute Gasteiger partial charge is 0.396 e. The zero-order valence-electron chi connectivity index (χ0n) is 11.2. The van der Waals surface area contributed by atoms with E-state index in [0.717, 1.165) is 25.0 Å². The van der Waals surface area contributed by atoms with Crippen LogP contribution in [0.4, 0.5) is 0 Å². The molecule has 0 aromatic carbocycles. The van der Waals surface area contributed by atoms with Crippen molar-refractivity contribution in [2.24, 2.45) is 12.5 Å². The molecule has 100 valence electrons. The van der Waals surface area contributed by atoms with Gasteiger partial charge in [0.15, 0.2) is 0 Å². The zero-order chi connectivity index (χ0) is 13.3. The predicted octanol–water partition coefficient (Wildman–Crippen LogP) is 1.01. The highest BCUT2D eigenvalue weighted by Crippen LogP contribution is 2.37. The van der Waals surface area contributed by atoms with Gasteiger partial charge in [0.05, 0.1) is 6.61 Å². The normalized spacial score (nSPS) is 27.4. The van der Waals surface area contributed by atoms with E-state index in [2.05, 4.69) is 10.4 Å². The molecule has 1 heterocycles. The number of hydrogen-bond donors (Lipinski definition) is 2. The minimum atomic E-state index is -0.195. The van der Waals surface area contributed by atoms with Gasteiger partial charge in [0.25, 0.3) is 5.91 Å². The fraction of sp³-hybridized carbons (Fsp3) is 0.692. The summed E-state index contributed by atoms with van der Waals surface area (Å²) >= 11 is 0. The van der Waals surface area contributed by atoms with Crippen molar-refractivity contribution in [1.82, 2.24) is 15.1 Å². The van der Waals surface area contributed by atoms with Gasteiger partial charge in [-0.2, -0.15) is 5.10 Å². The third-order valence-corrected chi connectivity index (χ3v) is 4.09. The van der Waals surface area contributed by atoms with Gasteiger partial charge in [0.2, 0.25) is 0 Å². The fourth-order valence-electron chi connectivity index (χ4n) is 2.57. The summed E-state index contributed by atoms with van der Waals surface area (Å²) in [6.07, 6.45) is 2.92. The molecule has 1 aromatic rings. The first-order valence-corrected chi connectivity index (χ1v) is 6.38. The third-order valence-electron chi connectivity index (χ3n) is 4.09. The summed E-state index contributed by atoms with van der Waals surface area (Å²) in [6.45, 7) is 4.05. The lowest BCUT2D eigenvalue weighted by molar-refractivity contribution is 0.0825. The van der Waals surface area contributed by atoms with Crippen molar-refractivity contribution in [2.75, 3.05) is 6.61 Å². The van der Waals surface area contributed by atoms with Crippen molar-refractivity contribution < 1.29 is 9.90 Å². The molecule has 2 atom stereocenters. The van der Waals surface area contributed by atoms with Crippen LogP contribution in [0.3, 0.4) is 0 Å². The Hall–Kier alpha value is -1.36. The van der Waals surface area contributed by atoms with Crippen LogP contribution in [-0.4, -0.2) is 33.4 Å². The Balaban J connectivity index is 2.08. The lowest BCUT2D eigenvalue weighted by Gasteiger charge is -2.29. The van der Waals surface area contributed by atoms with E-state index in [1.165, 1.54) is 0 Å². The quantitative estimate of drug-likeness (QED) is 0.842. The Morgan fingerprint density at radius 1 is 1.72 bits per heavy atom. The van der Waals surface area contributed by atoms with Crippen LogP contribution >= 0.6 is 0 Å². The second kappa shape index (κ2) is 4.72. The molecular weight excluding hydrogens is 230 g/mol. The van der Waals surface area contributed by atoms with E-state index in [9.17, 15) is 9.90 Å². The van der Waals surface area contributed by atoms with Gasteiger partial charge >= 0.3 is 0 Å². The number of aliphatic hydroxyl groups excluding tert-OH is 1. The summed E-state index contributed by atoms with van der Waals surface area (Å²) < 4.78 is 1.69. The first-order valence-electron chi connectivity index (χ1n) is 6.38. The second-order valence-corrected chi connectivity index (χ2v) is 5.52. The molecule has 1 aromatic heterocycles. The van der Waals surface area contributed by atoms with Crippen molar-refractivity contribution in [3.05, 3.63) is 17.5 Å². The standard InChI is InChI=1S/C13H21N3O2/c1-9-7-10(15-16(9)3)12(18)14-11-5-4-6-13(11,2)8-17/h7,11,17H,4-6,8H2,1-3H3,(H,14,18). The van der Waals surface area contributed by atoms with Gasteiger partial charge < -0.3 is 10.4 Å². The molecule has 2 N–H and O–H groups in total. The van der Waals surface area contributed by atoms with Crippen LogP contribution < -0.4 is 5.32 Å². The van der Waals surface area contributed by atoms with Crippen LogP contribution in [0.15, 0.2) is 6.07 Å². The lowest BCUT2D eigenvalue weighted by Crippen LogP contribution is -2.44. The molecule has 1 saturated carbocycles. The van der Waals surface area contributed by atoms with Crippen molar-refractivity contribution in [3.8, 4) is 0 Å². The van der Waals surface area contributed by atoms with E-state index in [1.54, 1.807) is 10.7 Å². The number of aliphatic hydroxyl groups is 1. The number of amides is 1. The molecule has 0 radical (unpaired) electrons. The first kappa shape index (κ1) is 13.1. The highest BCUT2D eigenvalue weighted by atomic mass is 16.3. The van der Waals surface area contributed by atoms with Gasteiger partial charge in [0.1, 0.15) is 5.69 Å². The SMILES string of the molecule is Cc1cc(C(=O)NC2CCCC2(C)CO)nn1C. The molecule has 1 aliphatic carbocycles. The molecule has 2 unspecified atom stereocenters. The summed E-state index contributed by atoms with van der Waals surface area (Å²) in [5.74, 6) is -0.148. The molecule has 1 amide bonds. The molecule has 1 fully saturated rings. The average molecular weight is 251 g/mol. The summed E-state index contributed by atoms with van der Waals surface area (Å²) in [4.78, 5) is 12.1. The number of aryl methyl sites for hydroxylation is 2. The van der Waals surface area contributed by atoms with Gasteiger partial charge in [-0.15, -0.1) is 0 Å². The smallest absolute Gasteiger partial charge is 0.272 e. The number of carbonyl (C=O) groups excluding carboxylic acids is 1. The maximum absolute atomic E-state index is 12.1. The highest BCUT2D eigenvalue weighted by Gasteiger charge is 2.39. The number of rotatable bonds is 3. The fourth-order valence-corrected chi connectivity index (χ4v) is 2.57. The number of carbonyl (C=O) groups is 1. The molecule has 5 nitrogen and oxygen atoms in total.